The van der Waals surface area contributed by atoms with Crippen LogP contribution in [0.2, 0.25) is 0 Å². The van der Waals surface area contributed by atoms with Crippen molar-refractivity contribution in [3.05, 3.63) is 230 Å². The molecule has 0 atom stereocenters. The van der Waals surface area contributed by atoms with E-state index in [4.69, 9.17) is 4.98 Å². The monoisotopic (exact) mass is 982 g/mol. The molecule has 0 saturated heterocycles. The number of pyridine rings is 1. The summed E-state index contributed by atoms with van der Waals surface area (Å²) in [5.74, 6) is 0. The molecule has 12 aromatic rings. The summed E-state index contributed by atoms with van der Waals surface area (Å²) in [6.07, 6.45) is 4.05. The molecule has 0 spiro atoms. The molecule has 76 heavy (non-hydrogen) atoms. The molecule has 4 nitrogen and oxygen atoms in total. The first kappa shape index (κ1) is 48.2. The van der Waals surface area contributed by atoms with Crippen LogP contribution in [0.5, 0.6) is 0 Å². The molecule has 0 unspecified atom stereocenters. The Hall–Kier alpha value is -8.78. The third-order valence-corrected chi connectivity index (χ3v) is 16.1. The van der Waals surface area contributed by atoms with Crippen molar-refractivity contribution in [1.29, 1.82) is 5.26 Å². The first-order valence-electron chi connectivity index (χ1n) is 26.6. The molecule has 0 aliphatic carbocycles. The topological polar surface area (TPSA) is 46.5 Å². The molecule has 370 valence electrons. The van der Waals surface area contributed by atoms with Gasteiger partial charge in [0, 0.05) is 27.1 Å². The van der Waals surface area contributed by atoms with Crippen molar-refractivity contribution in [3.63, 3.8) is 0 Å². The Balaban J connectivity index is 1.19. The summed E-state index contributed by atoms with van der Waals surface area (Å²) in [6.45, 7) is 26.6. The van der Waals surface area contributed by atoms with E-state index in [1.165, 1.54) is 133 Å². The van der Waals surface area contributed by atoms with E-state index in [2.05, 4.69) is 226 Å². The Bertz CT molecular complexity index is 3910. The molecule has 12 rings (SSSR count). The van der Waals surface area contributed by atoms with Gasteiger partial charge in [-0.25, -0.2) is 0 Å². The number of fused-ring (bicyclic) bond motifs is 6. The zero-order valence-electron chi connectivity index (χ0n) is 45.8. The Morgan fingerprint density at radius 2 is 0.592 bits per heavy atom. The van der Waals surface area contributed by atoms with Gasteiger partial charge in [-0.05, 0) is 238 Å². The Morgan fingerprint density at radius 3 is 0.868 bits per heavy atom. The maximum Gasteiger partial charge on any atom is 0.0991 e. The Labute approximate surface area is 447 Å². The summed E-state index contributed by atoms with van der Waals surface area (Å²) in [5, 5.41) is 15.2. The number of nitrogens with zero attached hydrogens (tertiary/aromatic N) is 4. The zero-order chi connectivity index (χ0) is 53.0. The number of rotatable bonds is 7. The van der Waals surface area contributed by atoms with Crippen molar-refractivity contribution >= 4 is 43.6 Å². The summed E-state index contributed by atoms with van der Waals surface area (Å²) in [7, 11) is 0. The van der Waals surface area contributed by atoms with Crippen molar-refractivity contribution in [3.8, 4) is 73.1 Å². The molecule has 0 amide bonds. The Morgan fingerprint density at radius 1 is 0.316 bits per heavy atom. The van der Waals surface area contributed by atoms with E-state index in [1.807, 2.05) is 30.6 Å². The van der Waals surface area contributed by atoms with Crippen LogP contribution in [0.15, 0.2) is 158 Å². The van der Waals surface area contributed by atoms with Gasteiger partial charge in [-0.15, -0.1) is 0 Å². The third-order valence-electron chi connectivity index (χ3n) is 16.1. The normalized spacial score (nSPS) is 11.7. The van der Waals surface area contributed by atoms with Crippen molar-refractivity contribution in [1.82, 2.24) is 14.1 Å². The Kier molecular flexibility index (Phi) is 11.6. The third kappa shape index (κ3) is 7.84. The number of aryl methyl sites for hydroxylation is 12. The van der Waals surface area contributed by atoms with E-state index >= 15 is 0 Å². The average Bonchev–Trinajstić information content (AvgIpc) is 4.00. The lowest BCUT2D eigenvalue weighted by atomic mass is 9.91. The van der Waals surface area contributed by atoms with E-state index < -0.39 is 0 Å². The summed E-state index contributed by atoms with van der Waals surface area (Å²) >= 11 is 0. The number of hydrogen-bond acceptors (Lipinski definition) is 2. The highest BCUT2D eigenvalue weighted by Gasteiger charge is 2.25. The summed E-state index contributed by atoms with van der Waals surface area (Å²) in [4.78, 5) is 5.23. The van der Waals surface area contributed by atoms with E-state index in [0.717, 1.165) is 44.6 Å². The molecular weight excluding hydrogens is 921 g/mol. The molecule has 3 aromatic heterocycles. The predicted molar refractivity (Wildman–Crippen MR) is 322 cm³/mol. The molecule has 0 radical (unpaired) electrons. The lowest BCUT2D eigenvalue weighted by Gasteiger charge is -2.20. The van der Waals surface area contributed by atoms with Gasteiger partial charge in [0.05, 0.1) is 57.5 Å². The minimum atomic E-state index is 0.597. The summed E-state index contributed by atoms with van der Waals surface area (Å²) in [6, 6.07) is 56.9. The quantitative estimate of drug-likeness (QED) is 0.160. The number of hydrogen-bond donors (Lipinski definition) is 0. The first-order chi connectivity index (χ1) is 36.6. The molecule has 0 fully saturated rings. The van der Waals surface area contributed by atoms with Crippen LogP contribution in [-0.2, 0) is 0 Å². The van der Waals surface area contributed by atoms with Gasteiger partial charge < -0.3 is 9.13 Å². The number of aromatic nitrogens is 3. The molecule has 0 bridgehead atoms. The van der Waals surface area contributed by atoms with Crippen LogP contribution in [0, 0.1) is 94.4 Å². The van der Waals surface area contributed by atoms with Gasteiger partial charge in [0.25, 0.3) is 0 Å². The maximum atomic E-state index is 10.5. The van der Waals surface area contributed by atoms with Gasteiger partial charge >= 0.3 is 0 Å². The second-order valence-electron chi connectivity index (χ2n) is 21.9. The van der Waals surface area contributed by atoms with Crippen LogP contribution in [0.25, 0.3) is 111 Å². The highest BCUT2D eigenvalue weighted by molar-refractivity contribution is 6.14. The number of nitriles is 1. The minimum Gasteiger partial charge on any atom is -0.307 e. The van der Waals surface area contributed by atoms with E-state index in [-0.39, 0.29) is 0 Å². The zero-order valence-corrected chi connectivity index (χ0v) is 45.8. The summed E-state index contributed by atoms with van der Waals surface area (Å²) < 4.78 is 4.84. The van der Waals surface area contributed by atoms with E-state index in [0.29, 0.717) is 5.56 Å². The van der Waals surface area contributed by atoms with Crippen molar-refractivity contribution in [2.75, 3.05) is 0 Å². The first-order valence-corrected chi connectivity index (χ1v) is 26.6. The molecule has 0 aliphatic heterocycles. The smallest absolute Gasteiger partial charge is 0.0991 e. The molecule has 9 aromatic carbocycles. The van der Waals surface area contributed by atoms with Gasteiger partial charge in [-0.2, -0.15) is 5.26 Å². The SMILES string of the molecule is Cc1cc(C)c(-c2ccc3c(c2)c2cc(-c4c(C)cc(C)cc4C)ccc2n3-c2cncc(-n3c4ccc(-c5c(C)cc(C)cc5C)cc4c4cc(-c5c(C)cc(C)cc5C)ccc43)c2-c2cccc(C#N)c2)c(C)c1. The fraction of sp³-hybridized carbons (Fsp3) is 0.167. The molecule has 0 saturated carbocycles. The second kappa shape index (κ2) is 18.3. The molecule has 3 heterocycles. The van der Waals surface area contributed by atoms with Gasteiger partial charge in [0.15, 0.2) is 0 Å². The van der Waals surface area contributed by atoms with Crippen LogP contribution in [-0.4, -0.2) is 14.1 Å². The molecule has 4 heteroatoms. The lowest BCUT2D eigenvalue weighted by molar-refractivity contribution is 1.09. The van der Waals surface area contributed by atoms with Crippen LogP contribution in [0.1, 0.15) is 72.3 Å². The average molecular weight is 983 g/mol. The van der Waals surface area contributed by atoms with E-state index in [9.17, 15) is 5.26 Å². The van der Waals surface area contributed by atoms with Crippen molar-refractivity contribution in [2.45, 2.75) is 83.1 Å². The van der Waals surface area contributed by atoms with Gasteiger partial charge in [-0.3, -0.25) is 4.98 Å². The highest BCUT2D eigenvalue weighted by Crippen LogP contribution is 2.46. The van der Waals surface area contributed by atoms with Gasteiger partial charge in [0.1, 0.15) is 0 Å². The fourth-order valence-corrected chi connectivity index (χ4v) is 13.5. The predicted octanol–water partition coefficient (Wildman–Crippen LogP) is 19.2. The van der Waals surface area contributed by atoms with Crippen LogP contribution in [0.3, 0.4) is 0 Å². The maximum absolute atomic E-state index is 10.5. The standard InChI is InChI=1S/C72H62N4/c1-40-24-44(5)68(45(6)25-40)54-16-20-62-58(33-54)59-34-55(69-46(7)26-41(2)27-47(69)8)17-21-63(59)75(62)66-38-74-39-67(72(66)53-15-13-14-52(32-53)37-73)76-64-22-18-56(70-48(9)28-42(3)29-49(70)10)35-60(64)61-36-57(19-23-65(61)76)71-50(11)30-43(4)31-51(71)12/h13-36,38-39H,1-12H3. The van der Waals surface area contributed by atoms with Crippen LogP contribution < -0.4 is 0 Å². The van der Waals surface area contributed by atoms with Gasteiger partial charge in [-0.1, -0.05) is 107 Å². The second-order valence-corrected chi connectivity index (χ2v) is 21.9. The van der Waals surface area contributed by atoms with Crippen molar-refractivity contribution < 1.29 is 0 Å². The number of benzene rings is 9. The van der Waals surface area contributed by atoms with Crippen LogP contribution >= 0.6 is 0 Å². The van der Waals surface area contributed by atoms with Crippen molar-refractivity contribution in [2.24, 2.45) is 0 Å². The molecule has 0 aliphatic rings. The van der Waals surface area contributed by atoms with E-state index in [1.54, 1.807) is 0 Å². The minimum absolute atomic E-state index is 0.597. The largest absolute Gasteiger partial charge is 0.307 e. The van der Waals surface area contributed by atoms with Gasteiger partial charge in [0.2, 0.25) is 0 Å². The summed E-state index contributed by atoms with van der Waals surface area (Å²) in [5.41, 5.74) is 33.7. The molecule has 0 N–H and O–H groups in total. The molecular formula is C72H62N4. The van der Waals surface area contributed by atoms with Crippen LogP contribution in [0.4, 0.5) is 0 Å². The lowest BCUT2D eigenvalue weighted by Crippen LogP contribution is -2.05. The fourth-order valence-electron chi connectivity index (χ4n) is 13.5. The highest BCUT2D eigenvalue weighted by atomic mass is 15.0.